The number of aryl methyl sites for hydroxylation is 1. The molecule has 2 aromatic heterocycles. The van der Waals surface area contributed by atoms with E-state index in [1.807, 2.05) is 0 Å². The summed E-state index contributed by atoms with van der Waals surface area (Å²) in [7, 11) is -3.68. The zero-order valence-corrected chi connectivity index (χ0v) is 13.6. The molecule has 0 aliphatic carbocycles. The minimum atomic E-state index is -3.68. The van der Waals surface area contributed by atoms with E-state index in [-0.39, 0.29) is 4.21 Å². The normalized spacial score (nSPS) is 17.1. The van der Waals surface area contributed by atoms with Crippen molar-refractivity contribution in [3.05, 3.63) is 17.9 Å². The monoisotopic (exact) mass is 344 g/mol. The van der Waals surface area contributed by atoms with Crippen molar-refractivity contribution in [2.75, 3.05) is 31.1 Å². The maximum Gasteiger partial charge on any atom is 0.249 e. The van der Waals surface area contributed by atoms with E-state index in [0.717, 1.165) is 37.5 Å². The molecule has 0 spiro atoms. The van der Waals surface area contributed by atoms with Crippen LogP contribution < -0.4 is 10.0 Å². The molecule has 0 aromatic carbocycles. The number of nitrogens with two attached hydrogens (primary N) is 1. The van der Waals surface area contributed by atoms with E-state index in [4.69, 9.17) is 9.66 Å². The van der Waals surface area contributed by atoms with Crippen molar-refractivity contribution >= 4 is 26.5 Å². The second-order valence-corrected chi connectivity index (χ2v) is 7.80. The smallest absolute Gasteiger partial charge is 0.249 e. The van der Waals surface area contributed by atoms with Gasteiger partial charge in [-0.1, -0.05) is 16.5 Å². The first-order valence-corrected chi connectivity index (χ1v) is 9.03. The van der Waals surface area contributed by atoms with E-state index in [9.17, 15) is 8.42 Å². The van der Waals surface area contributed by atoms with Crippen LogP contribution in [0.2, 0.25) is 0 Å². The summed E-state index contributed by atoms with van der Waals surface area (Å²) in [6.45, 7) is 5.56. The molecule has 0 bridgehead atoms. The molecule has 1 aliphatic rings. The Hall–Kier alpha value is -1.56. The van der Waals surface area contributed by atoms with Crippen LogP contribution in [0.25, 0.3) is 0 Å². The molecule has 0 saturated carbocycles. The number of piperazine rings is 1. The molecule has 3 rings (SSSR count). The van der Waals surface area contributed by atoms with Crippen molar-refractivity contribution in [1.82, 2.24) is 20.0 Å². The Labute approximate surface area is 131 Å². The Kier molecular flexibility index (Phi) is 4.12. The summed E-state index contributed by atoms with van der Waals surface area (Å²) in [5.41, 5.74) is 0. The van der Waals surface area contributed by atoms with Gasteiger partial charge in [0.15, 0.2) is 15.2 Å². The lowest BCUT2D eigenvalue weighted by molar-refractivity contribution is 0.240. The number of nitrogens with zero attached hydrogens (tertiary/aromatic N) is 5. The highest BCUT2D eigenvalue weighted by molar-refractivity contribution is 7.91. The predicted octanol–water partition coefficient (Wildman–Crippen LogP) is -0.196. The highest BCUT2D eigenvalue weighted by Gasteiger charge is 2.22. The van der Waals surface area contributed by atoms with Crippen LogP contribution in [0.4, 0.5) is 5.13 Å². The highest BCUT2D eigenvalue weighted by Crippen LogP contribution is 2.26. The lowest BCUT2D eigenvalue weighted by atomic mass is 10.3. The van der Waals surface area contributed by atoms with Crippen molar-refractivity contribution in [3.8, 4) is 0 Å². The third-order valence-electron chi connectivity index (χ3n) is 3.33. The minimum Gasteiger partial charge on any atom is -0.345 e. The van der Waals surface area contributed by atoms with Crippen LogP contribution in [0, 0.1) is 6.92 Å². The summed E-state index contributed by atoms with van der Waals surface area (Å²) < 4.78 is 27.6. The van der Waals surface area contributed by atoms with Gasteiger partial charge in [0.05, 0.1) is 12.7 Å². The number of aromatic nitrogens is 3. The number of hydrogen-bond donors (Lipinski definition) is 1. The SMILES string of the molecule is Cc1nc(CN2CCN(c3ncc(S(N)(=O)=O)s3)CC2)no1. The van der Waals surface area contributed by atoms with E-state index in [1.54, 1.807) is 6.92 Å². The summed E-state index contributed by atoms with van der Waals surface area (Å²) in [6, 6.07) is 0. The van der Waals surface area contributed by atoms with Crippen LogP contribution in [-0.2, 0) is 16.6 Å². The summed E-state index contributed by atoms with van der Waals surface area (Å²) >= 11 is 1.10. The molecular weight excluding hydrogens is 328 g/mol. The van der Waals surface area contributed by atoms with Crippen molar-refractivity contribution < 1.29 is 12.9 Å². The molecule has 9 nitrogen and oxygen atoms in total. The molecule has 0 radical (unpaired) electrons. The van der Waals surface area contributed by atoms with Gasteiger partial charge in [0.1, 0.15) is 0 Å². The molecule has 0 amide bonds. The highest BCUT2D eigenvalue weighted by atomic mass is 32.2. The van der Waals surface area contributed by atoms with Gasteiger partial charge in [-0.05, 0) is 0 Å². The summed E-state index contributed by atoms with van der Waals surface area (Å²) in [5.74, 6) is 1.24. The zero-order valence-electron chi connectivity index (χ0n) is 12.0. The first kappa shape index (κ1) is 15.3. The van der Waals surface area contributed by atoms with Crippen molar-refractivity contribution in [2.45, 2.75) is 17.7 Å². The minimum absolute atomic E-state index is 0.0900. The average Bonchev–Trinajstić information content (AvgIpc) is 3.08. The van der Waals surface area contributed by atoms with Crippen molar-refractivity contribution in [3.63, 3.8) is 0 Å². The Morgan fingerprint density at radius 3 is 2.64 bits per heavy atom. The first-order valence-electron chi connectivity index (χ1n) is 6.67. The van der Waals surface area contributed by atoms with Gasteiger partial charge in [0, 0.05) is 33.1 Å². The van der Waals surface area contributed by atoms with Crippen LogP contribution in [0.15, 0.2) is 14.9 Å². The van der Waals surface area contributed by atoms with Crippen LogP contribution >= 0.6 is 11.3 Å². The van der Waals surface area contributed by atoms with Crippen molar-refractivity contribution in [2.24, 2.45) is 5.14 Å². The van der Waals surface area contributed by atoms with Gasteiger partial charge in [-0.15, -0.1) is 0 Å². The van der Waals surface area contributed by atoms with E-state index in [2.05, 4.69) is 24.9 Å². The quantitative estimate of drug-likeness (QED) is 0.810. The van der Waals surface area contributed by atoms with E-state index < -0.39 is 10.0 Å². The molecule has 22 heavy (non-hydrogen) atoms. The maximum atomic E-state index is 11.3. The third kappa shape index (κ3) is 3.43. The summed E-state index contributed by atoms with van der Waals surface area (Å²) in [6.07, 6.45) is 1.31. The second-order valence-electron chi connectivity index (χ2n) is 5.00. The third-order valence-corrected chi connectivity index (χ3v) is 5.80. The largest absolute Gasteiger partial charge is 0.345 e. The fourth-order valence-corrected chi connectivity index (χ4v) is 3.82. The number of thiazole rings is 1. The molecule has 1 saturated heterocycles. The molecular formula is C11H16N6O3S2. The molecule has 120 valence electrons. The molecule has 1 fully saturated rings. The number of hydrogen-bond acceptors (Lipinski definition) is 9. The predicted molar refractivity (Wildman–Crippen MR) is 80.0 cm³/mol. The number of rotatable bonds is 4. The van der Waals surface area contributed by atoms with E-state index in [0.29, 0.717) is 23.4 Å². The number of anilines is 1. The average molecular weight is 344 g/mol. The Morgan fingerprint density at radius 1 is 1.36 bits per heavy atom. The molecule has 0 unspecified atom stereocenters. The number of primary sulfonamides is 1. The molecule has 2 N–H and O–H groups in total. The molecule has 0 atom stereocenters. The fourth-order valence-electron chi connectivity index (χ4n) is 2.23. The van der Waals surface area contributed by atoms with Gasteiger partial charge in [-0.3, -0.25) is 4.90 Å². The molecule has 3 heterocycles. The van der Waals surface area contributed by atoms with Crippen LogP contribution in [0.5, 0.6) is 0 Å². The van der Waals surface area contributed by atoms with Gasteiger partial charge in [-0.25, -0.2) is 18.5 Å². The van der Waals surface area contributed by atoms with E-state index >= 15 is 0 Å². The molecule has 1 aliphatic heterocycles. The Bertz CT molecular complexity index is 747. The van der Waals surface area contributed by atoms with Crippen molar-refractivity contribution in [1.29, 1.82) is 0 Å². The van der Waals surface area contributed by atoms with Gasteiger partial charge >= 0.3 is 0 Å². The van der Waals surface area contributed by atoms with Gasteiger partial charge in [-0.2, -0.15) is 4.98 Å². The maximum absolute atomic E-state index is 11.3. The lowest BCUT2D eigenvalue weighted by Gasteiger charge is -2.33. The van der Waals surface area contributed by atoms with E-state index in [1.165, 1.54) is 6.20 Å². The molecule has 2 aromatic rings. The Morgan fingerprint density at radius 2 is 2.09 bits per heavy atom. The summed E-state index contributed by atoms with van der Waals surface area (Å²) in [5, 5.41) is 9.67. The van der Waals surface area contributed by atoms with Gasteiger partial charge < -0.3 is 9.42 Å². The first-order chi connectivity index (χ1) is 10.4. The zero-order chi connectivity index (χ0) is 15.7. The number of sulfonamides is 1. The topological polar surface area (TPSA) is 118 Å². The van der Waals surface area contributed by atoms with Gasteiger partial charge in [0.25, 0.3) is 0 Å². The standard InChI is InChI=1S/C11H16N6O3S2/c1-8-14-9(15-20-8)7-16-2-4-17(5-3-16)11-13-6-10(21-11)22(12,18)19/h6H,2-5,7H2,1H3,(H2,12,18,19). The Balaban J connectivity index is 1.58. The lowest BCUT2D eigenvalue weighted by Crippen LogP contribution is -2.46. The molecule has 11 heteroatoms. The van der Waals surface area contributed by atoms with Gasteiger partial charge in [0.2, 0.25) is 15.9 Å². The van der Waals surface area contributed by atoms with Crippen LogP contribution in [-0.4, -0.2) is 54.6 Å². The summed E-state index contributed by atoms with van der Waals surface area (Å²) in [4.78, 5) is 12.6. The second kappa shape index (κ2) is 5.91. The fraction of sp³-hybridized carbons (Fsp3) is 0.545. The van der Waals surface area contributed by atoms with Crippen LogP contribution in [0.1, 0.15) is 11.7 Å². The van der Waals surface area contributed by atoms with Crippen LogP contribution in [0.3, 0.4) is 0 Å².